The third-order valence-electron chi connectivity index (χ3n) is 0. The molecule has 0 aliphatic heterocycles. The van der Waals surface area contributed by atoms with E-state index in [2.05, 4.69) is 8.65 Å². The van der Waals surface area contributed by atoms with Crippen molar-refractivity contribution in [1.82, 2.24) is 0 Å². The fraction of sp³-hybridized carbons (Fsp3) is 1.00. The molecule has 0 unspecified atom stereocenters. The maximum atomic E-state index is 4.22. The van der Waals surface area contributed by atoms with Crippen molar-refractivity contribution in [2.75, 3.05) is 0 Å². The summed E-state index contributed by atoms with van der Waals surface area (Å²) in [5.41, 5.74) is 0. The van der Waals surface area contributed by atoms with E-state index in [0.717, 1.165) is 23.7 Å². The van der Waals surface area contributed by atoms with Crippen molar-refractivity contribution in [3.63, 3.8) is 0 Å². The zero-order chi connectivity index (χ0) is 2.00. The zero-order valence-corrected chi connectivity index (χ0v) is 9.29. The Balaban J connectivity index is -0.00000000500. The number of rotatable bonds is 0. The van der Waals surface area contributed by atoms with Gasteiger partial charge in [-0.05, 0) is 0 Å². The smallest absolute Gasteiger partial charge is 0 e. The van der Waals surface area contributed by atoms with Crippen LogP contribution < -0.4 is 0 Å². The molecule has 0 aromatic heterocycles. The summed E-state index contributed by atoms with van der Waals surface area (Å²) in [7, 11) is 4.22. The fourth-order valence-corrected chi connectivity index (χ4v) is 0. The van der Waals surface area contributed by atoms with E-state index in [1.807, 2.05) is 0 Å². The molecule has 0 spiro atoms. The Hall–Kier alpha value is 1.77. The van der Waals surface area contributed by atoms with Gasteiger partial charge in [-0.2, -0.15) is 0 Å². The van der Waals surface area contributed by atoms with E-state index in [4.69, 9.17) is 0 Å². The normalized spacial score (nSPS) is 1.00. The quantitative estimate of drug-likeness (QED) is 0.598. The van der Waals surface area contributed by atoms with Gasteiger partial charge in [0.1, 0.15) is 0 Å². The van der Waals surface area contributed by atoms with Crippen molar-refractivity contribution in [2.24, 2.45) is 0 Å². The van der Waals surface area contributed by atoms with Gasteiger partial charge in [0, 0.05) is 19.5 Å². The monoisotopic (exact) mass is 320 g/mol. The van der Waals surface area contributed by atoms with Crippen LogP contribution in [-0.2, 0) is 19.5 Å². The van der Waals surface area contributed by atoms with E-state index < -0.39 is 0 Å². The van der Waals surface area contributed by atoms with Crippen LogP contribution in [-0.4, -0.2) is 23.7 Å². The van der Waals surface area contributed by atoms with Gasteiger partial charge >= 0.3 is 32.3 Å². The van der Waals surface area contributed by atoms with Gasteiger partial charge < -0.3 is 0 Å². The van der Waals surface area contributed by atoms with Crippen molar-refractivity contribution in [2.45, 2.75) is 7.43 Å². The SMILES string of the molecule is C.[S]=[Pb].[Zn]. The van der Waals surface area contributed by atoms with E-state index in [0.29, 0.717) is 0 Å². The molecule has 0 aliphatic carbocycles. The maximum absolute atomic E-state index is 4.22. The van der Waals surface area contributed by atoms with Crippen LogP contribution in [0.4, 0.5) is 0 Å². The maximum Gasteiger partial charge on any atom is 0 e. The Labute approximate surface area is 58.6 Å². The van der Waals surface area contributed by atoms with E-state index >= 15 is 0 Å². The van der Waals surface area contributed by atoms with Gasteiger partial charge in [0.05, 0.1) is 0 Å². The molecule has 0 atom stereocenters. The van der Waals surface area contributed by atoms with E-state index in [1.165, 1.54) is 0 Å². The zero-order valence-electron chi connectivity index (χ0n) is 1.62. The minimum absolute atomic E-state index is 0. The van der Waals surface area contributed by atoms with Gasteiger partial charge in [0.2, 0.25) is 0 Å². The van der Waals surface area contributed by atoms with Gasteiger partial charge in [-0.1, -0.05) is 7.43 Å². The first-order chi connectivity index (χ1) is 1.00. The van der Waals surface area contributed by atoms with Crippen LogP contribution in [0.1, 0.15) is 7.43 Å². The minimum atomic E-state index is 0. The number of hydrogen-bond acceptors (Lipinski definition) is 1. The van der Waals surface area contributed by atoms with Crippen molar-refractivity contribution < 1.29 is 19.5 Å². The Morgan fingerprint density at radius 1 is 1.25 bits per heavy atom. The van der Waals surface area contributed by atoms with Crippen LogP contribution in [0.2, 0.25) is 0 Å². The number of hydrogen-bond donors (Lipinski definition) is 0. The molecule has 0 aromatic rings. The second kappa shape index (κ2) is 21.7. The fourth-order valence-electron chi connectivity index (χ4n) is 0. The van der Waals surface area contributed by atoms with Crippen LogP contribution in [0.25, 0.3) is 0 Å². The van der Waals surface area contributed by atoms with Gasteiger partial charge in [-0.15, -0.1) is 0 Å². The predicted octanol–water partition coefficient (Wildman–Crippen LogP) is 0.901. The molecule has 0 heterocycles. The second-order valence-electron chi connectivity index (χ2n) is 0. The van der Waals surface area contributed by atoms with Crippen molar-refractivity contribution in [1.29, 1.82) is 0 Å². The molecule has 0 amide bonds. The Morgan fingerprint density at radius 3 is 1.25 bits per heavy atom. The summed E-state index contributed by atoms with van der Waals surface area (Å²) < 4.78 is 0. The topological polar surface area (TPSA) is 0 Å². The van der Waals surface area contributed by atoms with Gasteiger partial charge in [-0.25, -0.2) is 0 Å². The first kappa shape index (κ1) is 17.1. The summed E-state index contributed by atoms with van der Waals surface area (Å²) in [6, 6.07) is 0. The molecule has 4 heavy (non-hydrogen) atoms. The molecule has 0 saturated heterocycles. The van der Waals surface area contributed by atoms with E-state index in [1.54, 1.807) is 0 Å². The summed E-state index contributed by atoms with van der Waals surface area (Å²) in [6.07, 6.45) is 0. The van der Waals surface area contributed by atoms with Crippen molar-refractivity contribution in [3.8, 4) is 0 Å². The first-order valence-corrected chi connectivity index (χ1v) is 5.37. The first-order valence-electron chi connectivity index (χ1n) is 0.204. The van der Waals surface area contributed by atoms with Crippen LogP contribution in [0.5, 0.6) is 0 Å². The summed E-state index contributed by atoms with van der Waals surface area (Å²) in [6.45, 7) is 0. The van der Waals surface area contributed by atoms with Gasteiger partial charge in [-0.3, -0.25) is 0 Å². The molecular formula is CH4PbSZn. The summed E-state index contributed by atoms with van der Waals surface area (Å²) >= 11 is 0.889. The molecular weight excluding hydrogens is 317 g/mol. The Morgan fingerprint density at radius 2 is 1.25 bits per heavy atom. The molecule has 0 N–H and O–H groups in total. The molecule has 0 fully saturated rings. The van der Waals surface area contributed by atoms with E-state index in [-0.39, 0.29) is 26.9 Å². The summed E-state index contributed by atoms with van der Waals surface area (Å²) in [4.78, 5) is 0. The van der Waals surface area contributed by atoms with Crippen molar-refractivity contribution >= 4 is 32.3 Å². The van der Waals surface area contributed by atoms with Crippen LogP contribution >= 0.6 is 8.65 Å². The van der Waals surface area contributed by atoms with Crippen LogP contribution in [0.15, 0.2) is 0 Å². The van der Waals surface area contributed by atoms with Crippen LogP contribution in [0, 0.1) is 0 Å². The molecule has 0 aliphatic rings. The minimum Gasteiger partial charge on any atom is 0 e. The van der Waals surface area contributed by atoms with E-state index in [9.17, 15) is 0 Å². The molecule has 20 valence electrons. The third kappa shape index (κ3) is 9.24. The largest absolute Gasteiger partial charge is 0 e. The molecule has 0 saturated carbocycles. The summed E-state index contributed by atoms with van der Waals surface area (Å²) in [5, 5.41) is 0. The molecule has 0 aromatic carbocycles. The molecule has 0 bridgehead atoms. The Kier molecular flexibility index (Phi) is 92.8. The van der Waals surface area contributed by atoms with Gasteiger partial charge in [0.15, 0.2) is 0 Å². The standard InChI is InChI=1S/CH4.Pb.S.Zn/h1H4;;;. The third-order valence-corrected chi connectivity index (χ3v) is 0. The predicted molar refractivity (Wildman–Crippen MR) is 20.1 cm³/mol. The average molecular weight is 321 g/mol. The van der Waals surface area contributed by atoms with Crippen LogP contribution in [0.3, 0.4) is 0 Å². The molecule has 2 radical (unpaired) electrons. The summed E-state index contributed by atoms with van der Waals surface area (Å²) in [5.74, 6) is 0. The van der Waals surface area contributed by atoms with Crippen molar-refractivity contribution in [3.05, 3.63) is 0 Å². The Bertz CT molecular complexity index is 8.00. The molecule has 0 rings (SSSR count). The molecule has 3 heteroatoms. The average Bonchev–Trinajstić information content (AvgIpc) is 1.00. The second-order valence-corrected chi connectivity index (χ2v) is 0. The van der Waals surface area contributed by atoms with Gasteiger partial charge in [0.25, 0.3) is 0 Å². The molecule has 0 nitrogen and oxygen atoms in total.